The molecule has 1 spiro atoms. The molecule has 3 atom stereocenters. The quantitative estimate of drug-likeness (QED) is 0.500. The minimum atomic E-state index is -1.08. The van der Waals surface area contributed by atoms with Crippen LogP contribution in [0.1, 0.15) is 17.5 Å². The summed E-state index contributed by atoms with van der Waals surface area (Å²) in [5.74, 6) is -2.53. The molecule has 2 heterocycles. The molecule has 2 N–H and O–H groups in total. The number of para-hydroxylation sites is 2. The van der Waals surface area contributed by atoms with Crippen molar-refractivity contribution in [1.29, 1.82) is 5.26 Å². The molecule has 196 valence electrons. The summed E-state index contributed by atoms with van der Waals surface area (Å²) in [4.78, 5) is 55.9. The zero-order valence-electron chi connectivity index (χ0n) is 21.3. The first-order valence-corrected chi connectivity index (χ1v) is 12.6. The van der Waals surface area contributed by atoms with Crippen LogP contribution < -0.4 is 10.6 Å². The number of carbonyl (C=O) groups excluding carboxylic acids is 4. The molecule has 5 rings (SSSR count). The molecule has 9 nitrogen and oxygen atoms in total. The van der Waals surface area contributed by atoms with Gasteiger partial charge < -0.3 is 20.4 Å². The molecule has 0 unspecified atom stereocenters. The van der Waals surface area contributed by atoms with Crippen molar-refractivity contribution in [3.8, 4) is 6.07 Å². The number of fused-ring (bicyclic) bond motifs is 2. The van der Waals surface area contributed by atoms with Gasteiger partial charge in [-0.1, -0.05) is 66.7 Å². The van der Waals surface area contributed by atoms with Crippen molar-refractivity contribution in [2.75, 3.05) is 24.2 Å². The average molecular weight is 522 g/mol. The number of likely N-dealkylation sites (N-methyl/N-ethyl adjacent to an activating group) is 1. The van der Waals surface area contributed by atoms with Crippen molar-refractivity contribution in [2.24, 2.45) is 0 Å². The third-order valence-electron chi connectivity index (χ3n) is 7.49. The predicted octanol–water partition coefficient (Wildman–Crippen LogP) is 2.71. The van der Waals surface area contributed by atoms with Gasteiger partial charge in [0, 0.05) is 37.8 Å². The molecule has 4 amide bonds. The highest BCUT2D eigenvalue weighted by molar-refractivity contribution is 6.39. The minimum absolute atomic E-state index is 0.00353. The van der Waals surface area contributed by atoms with E-state index in [1.807, 2.05) is 48.5 Å². The molecule has 0 aliphatic carbocycles. The summed E-state index contributed by atoms with van der Waals surface area (Å²) < 4.78 is 0. The molecule has 2 aliphatic rings. The average Bonchev–Trinajstić information content (AvgIpc) is 3.49. The monoisotopic (exact) mass is 521 g/mol. The Hall–Kier alpha value is -4.97. The molecule has 2 aliphatic heterocycles. The van der Waals surface area contributed by atoms with Gasteiger partial charge in [0.2, 0.25) is 11.8 Å². The largest absolute Gasteiger partial charge is 0.325 e. The van der Waals surface area contributed by atoms with E-state index in [4.69, 9.17) is 0 Å². The van der Waals surface area contributed by atoms with Crippen LogP contribution in [0.5, 0.6) is 0 Å². The number of nitriles is 1. The summed E-state index contributed by atoms with van der Waals surface area (Å²) in [5, 5.41) is 15.5. The van der Waals surface area contributed by atoms with Crippen LogP contribution in [0.15, 0.2) is 84.9 Å². The van der Waals surface area contributed by atoms with E-state index in [9.17, 15) is 24.4 Å². The van der Waals surface area contributed by atoms with Crippen molar-refractivity contribution < 1.29 is 19.2 Å². The van der Waals surface area contributed by atoms with Crippen molar-refractivity contribution >= 4 is 35.0 Å². The number of nitrogens with zero attached hydrogens (tertiary/aromatic N) is 3. The third kappa shape index (κ3) is 4.73. The van der Waals surface area contributed by atoms with Crippen LogP contribution in [0.2, 0.25) is 0 Å². The van der Waals surface area contributed by atoms with Gasteiger partial charge >= 0.3 is 11.8 Å². The molecule has 0 bridgehead atoms. The van der Waals surface area contributed by atoms with Crippen LogP contribution in [0.4, 0.5) is 11.4 Å². The first-order chi connectivity index (χ1) is 18.8. The molecule has 0 aromatic heterocycles. The van der Waals surface area contributed by atoms with E-state index in [1.54, 1.807) is 36.4 Å². The number of hydrogen-bond acceptors (Lipinski definition) is 5. The predicted molar refractivity (Wildman–Crippen MR) is 144 cm³/mol. The minimum Gasteiger partial charge on any atom is -0.325 e. The van der Waals surface area contributed by atoms with Crippen LogP contribution in [0.25, 0.3) is 0 Å². The van der Waals surface area contributed by atoms with Gasteiger partial charge in [0.1, 0.15) is 12.1 Å². The van der Waals surface area contributed by atoms with Gasteiger partial charge in [-0.15, -0.1) is 0 Å². The summed E-state index contributed by atoms with van der Waals surface area (Å²) in [5.41, 5.74) is 1.59. The Morgan fingerprint density at radius 2 is 1.69 bits per heavy atom. The number of amides is 4. The lowest BCUT2D eigenvalue weighted by molar-refractivity contribution is -0.149. The van der Waals surface area contributed by atoms with E-state index in [2.05, 4.69) is 16.7 Å². The van der Waals surface area contributed by atoms with Gasteiger partial charge in [-0.25, -0.2) is 0 Å². The normalized spacial score (nSPS) is 20.1. The molecule has 0 saturated carbocycles. The Labute approximate surface area is 226 Å². The fourth-order valence-electron chi connectivity index (χ4n) is 5.41. The van der Waals surface area contributed by atoms with Crippen LogP contribution >= 0.6 is 0 Å². The summed E-state index contributed by atoms with van der Waals surface area (Å²) in [6.07, 6.45) is 0.271. The highest BCUT2D eigenvalue weighted by Gasteiger charge is 2.56. The van der Waals surface area contributed by atoms with Gasteiger partial charge in [0.15, 0.2) is 0 Å². The van der Waals surface area contributed by atoms with E-state index in [-0.39, 0.29) is 25.3 Å². The lowest BCUT2D eigenvalue weighted by atomic mass is 9.80. The number of nitrogens with one attached hydrogen (secondary N) is 2. The third-order valence-corrected chi connectivity index (χ3v) is 7.49. The van der Waals surface area contributed by atoms with Gasteiger partial charge in [-0.3, -0.25) is 19.2 Å². The van der Waals surface area contributed by atoms with Gasteiger partial charge in [0.05, 0.1) is 11.5 Å². The SMILES string of the molecule is CN(C(=O)C(=O)Nc1ccccc1)[C@@H](Cc1ccccc1)C(=O)N1C[C@]2(C[C@H]1C#N)C(=O)Nc1ccccc12. The molecule has 3 aromatic carbocycles. The highest BCUT2D eigenvalue weighted by atomic mass is 16.2. The molecular formula is C30H27N5O4. The zero-order valence-corrected chi connectivity index (χ0v) is 21.3. The molecule has 3 aromatic rings. The van der Waals surface area contributed by atoms with Crippen LogP contribution in [-0.2, 0) is 31.0 Å². The fraction of sp³-hybridized carbons (Fsp3) is 0.233. The number of anilines is 2. The van der Waals surface area contributed by atoms with Gasteiger partial charge in [-0.2, -0.15) is 5.26 Å². The molecule has 9 heteroatoms. The van der Waals surface area contributed by atoms with E-state index in [0.717, 1.165) is 16.0 Å². The van der Waals surface area contributed by atoms with Crippen molar-refractivity contribution in [2.45, 2.75) is 30.3 Å². The summed E-state index contributed by atoms with van der Waals surface area (Å²) in [7, 11) is 1.41. The second-order valence-electron chi connectivity index (χ2n) is 9.84. The van der Waals surface area contributed by atoms with E-state index >= 15 is 0 Å². The Kier molecular flexibility index (Phi) is 6.86. The lowest BCUT2D eigenvalue weighted by Gasteiger charge is -2.32. The second kappa shape index (κ2) is 10.4. The summed E-state index contributed by atoms with van der Waals surface area (Å²) >= 11 is 0. The van der Waals surface area contributed by atoms with Gasteiger partial charge in [0.25, 0.3) is 0 Å². The molecule has 0 radical (unpaired) electrons. The second-order valence-corrected chi connectivity index (χ2v) is 9.84. The lowest BCUT2D eigenvalue weighted by Crippen LogP contribution is -2.54. The molecular weight excluding hydrogens is 494 g/mol. The Morgan fingerprint density at radius 3 is 2.38 bits per heavy atom. The van der Waals surface area contributed by atoms with Crippen molar-refractivity contribution in [3.05, 3.63) is 96.1 Å². The molecule has 39 heavy (non-hydrogen) atoms. The first kappa shape index (κ1) is 25.7. The number of benzene rings is 3. The highest BCUT2D eigenvalue weighted by Crippen LogP contribution is 2.46. The maximum atomic E-state index is 14.1. The Balaban J connectivity index is 1.44. The topological polar surface area (TPSA) is 123 Å². The summed E-state index contributed by atoms with van der Waals surface area (Å²) in [6, 6.07) is 25.2. The van der Waals surface area contributed by atoms with Crippen LogP contribution in [0.3, 0.4) is 0 Å². The number of likely N-dealkylation sites (tertiary alicyclic amines) is 1. The maximum Gasteiger partial charge on any atom is 0.313 e. The van der Waals surface area contributed by atoms with Crippen molar-refractivity contribution in [3.63, 3.8) is 0 Å². The van der Waals surface area contributed by atoms with Crippen LogP contribution in [-0.4, -0.2) is 59.1 Å². The maximum absolute atomic E-state index is 14.1. The Bertz CT molecular complexity index is 1470. The Morgan fingerprint density at radius 1 is 1.05 bits per heavy atom. The molecule has 1 fully saturated rings. The number of rotatable bonds is 5. The van der Waals surface area contributed by atoms with Crippen LogP contribution in [0, 0.1) is 11.3 Å². The van der Waals surface area contributed by atoms with E-state index < -0.39 is 35.2 Å². The standard InChI is InChI=1S/C30H27N5O4/c1-34(28(38)26(36)32-21-12-6-3-7-13-21)25(16-20-10-4-2-5-11-20)27(37)35-19-30(17-22(35)18-31)23-14-8-9-15-24(23)33-29(30)39/h2-15,22,25H,16-17,19H2,1H3,(H,32,36)(H,33,39)/t22-,25-,30-/m0/s1. The zero-order chi connectivity index (χ0) is 27.6. The van der Waals surface area contributed by atoms with Crippen molar-refractivity contribution in [1.82, 2.24) is 9.80 Å². The molecule has 1 saturated heterocycles. The van der Waals surface area contributed by atoms with E-state index in [1.165, 1.54) is 11.9 Å². The first-order valence-electron chi connectivity index (χ1n) is 12.6. The number of carbonyl (C=O) groups is 4. The fourth-order valence-corrected chi connectivity index (χ4v) is 5.41. The van der Waals surface area contributed by atoms with Gasteiger partial charge in [-0.05, 0) is 29.3 Å². The summed E-state index contributed by atoms with van der Waals surface area (Å²) in [6.45, 7) is -0.00353. The van der Waals surface area contributed by atoms with E-state index in [0.29, 0.717) is 11.4 Å². The smallest absolute Gasteiger partial charge is 0.313 e. The number of hydrogen-bond donors (Lipinski definition) is 2.